The minimum Gasteiger partial charge on any atom is -0.531 e. The molecule has 2 aromatic rings. The SMILES string of the molecule is Clc1ccc(-[si]2cco[siH]2)cc1. The Morgan fingerprint density at radius 2 is 2.00 bits per heavy atom. The van der Waals surface area contributed by atoms with Crippen LogP contribution >= 0.6 is 11.6 Å². The van der Waals surface area contributed by atoms with Gasteiger partial charge in [-0.3, -0.25) is 0 Å². The number of rotatable bonds is 1. The van der Waals surface area contributed by atoms with Crippen molar-refractivity contribution >= 4 is 28.4 Å². The van der Waals surface area contributed by atoms with Crippen LogP contribution in [-0.2, 0) is 0 Å². The van der Waals surface area contributed by atoms with Crippen molar-refractivity contribution in [2.45, 2.75) is 0 Å². The van der Waals surface area contributed by atoms with Crippen LogP contribution in [0.1, 0.15) is 0 Å². The predicted octanol–water partition coefficient (Wildman–Crippen LogP) is 2.02. The molecule has 1 aromatic carbocycles. The van der Waals surface area contributed by atoms with Gasteiger partial charge in [0.15, 0.2) is 0 Å². The fourth-order valence-corrected chi connectivity index (χ4v) is 4.97. The average Bonchev–Trinajstić information content (AvgIpc) is 2.58. The van der Waals surface area contributed by atoms with Crippen molar-refractivity contribution in [1.82, 2.24) is 0 Å². The van der Waals surface area contributed by atoms with Gasteiger partial charge in [0.2, 0.25) is 8.88 Å². The number of hydrogen-bond donors (Lipinski definition) is 0. The molecule has 1 nitrogen and oxygen atoms in total. The summed E-state index contributed by atoms with van der Waals surface area (Å²) in [5, 5.41) is 2.20. The van der Waals surface area contributed by atoms with Crippen LogP contribution in [0.15, 0.2) is 40.3 Å². The summed E-state index contributed by atoms with van der Waals surface area (Å²) in [5.74, 6) is 0. The van der Waals surface area contributed by atoms with E-state index in [0.717, 1.165) is 5.02 Å². The van der Waals surface area contributed by atoms with Crippen LogP contribution < -0.4 is 0 Å². The van der Waals surface area contributed by atoms with Gasteiger partial charge in [0, 0.05) is 5.02 Å². The molecule has 0 radical (unpaired) electrons. The van der Waals surface area contributed by atoms with E-state index in [1.807, 2.05) is 18.4 Å². The third-order valence-electron chi connectivity index (χ3n) is 1.70. The van der Waals surface area contributed by atoms with E-state index in [0.29, 0.717) is 0 Å². The summed E-state index contributed by atoms with van der Waals surface area (Å²) in [6, 6.07) is 8.09. The van der Waals surface area contributed by atoms with Crippen molar-refractivity contribution in [3.63, 3.8) is 0 Å². The molecule has 0 amide bonds. The Kier molecular flexibility index (Phi) is 2.34. The van der Waals surface area contributed by atoms with Gasteiger partial charge in [0.05, 0.1) is 14.2 Å². The van der Waals surface area contributed by atoms with Crippen LogP contribution in [0.4, 0.5) is 0 Å². The Bertz CT molecular complexity index is 355. The van der Waals surface area contributed by atoms with Crippen molar-refractivity contribution in [3.8, 4) is 5.19 Å². The lowest BCUT2D eigenvalue weighted by molar-refractivity contribution is 0.674. The predicted molar refractivity (Wildman–Crippen MR) is 53.7 cm³/mol. The maximum atomic E-state index is 5.79. The topological polar surface area (TPSA) is 13.1 Å². The molecule has 0 aliphatic heterocycles. The van der Waals surface area contributed by atoms with E-state index in [9.17, 15) is 0 Å². The fourth-order valence-electron chi connectivity index (χ4n) is 1.07. The molecule has 2 rings (SSSR count). The molecule has 0 aliphatic carbocycles. The second-order valence-electron chi connectivity index (χ2n) is 2.52. The van der Waals surface area contributed by atoms with E-state index in [1.54, 1.807) is 0 Å². The first-order chi connectivity index (χ1) is 5.86. The van der Waals surface area contributed by atoms with Gasteiger partial charge < -0.3 is 4.10 Å². The number of halogens is 1. The second kappa shape index (κ2) is 3.47. The first-order valence-corrected chi connectivity index (χ1v) is 7.88. The molecule has 0 fully saturated rings. The van der Waals surface area contributed by atoms with E-state index < -0.39 is 7.90 Å². The van der Waals surface area contributed by atoms with Crippen molar-refractivity contribution < 1.29 is 4.10 Å². The first kappa shape index (κ1) is 8.10. The van der Waals surface area contributed by atoms with Crippen LogP contribution in [-0.4, -0.2) is 16.8 Å². The molecule has 1 heterocycles. The van der Waals surface area contributed by atoms with Gasteiger partial charge in [-0.2, -0.15) is 0 Å². The highest BCUT2D eigenvalue weighted by atomic mass is 35.5. The highest BCUT2D eigenvalue weighted by Crippen LogP contribution is 2.11. The lowest BCUT2D eigenvalue weighted by Gasteiger charge is -1.94. The van der Waals surface area contributed by atoms with Crippen LogP contribution in [0.25, 0.3) is 5.19 Å². The van der Waals surface area contributed by atoms with Crippen molar-refractivity contribution in [2.24, 2.45) is 0 Å². The highest BCUT2D eigenvalue weighted by molar-refractivity contribution is 6.95. The Morgan fingerprint density at radius 3 is 2.58 bits per heavy atom. The smallest absolute Gasteiger partial charge is 0.203 e. The van der Waals surface area contributed by atoms with Crippen LogP contribution in [0.2, 0.25) is 5.02 Å². The van der Waals surface area contributed by atoms with Gasteiger partial charge in [-0.15, -0.1) is 0 Å². The second-order valence-corrected chi connectivity index (χ2v) is 7.86. The molecule has 0 bridgehead atoms. The van der Waals surface area contributed by atoms with Gasteiger partial charge in [0.25, 0.3) is 0 Å². The van der Waals surface area contributed by atoms with Gasteiger partial charge in [-0.25, -0.2) is 0 Å². The quantitative estimate of drug-likeness (QED) is 0.657. The zero-order valence-electron chi connectivity index (χ0n) is 6.33. The summed E-state index contributed by atoms with van der Waals surface area (Å²) in [5.41, 5.74) is 2.20. The summed E-state index contributed by atoms with van der Waals surface area (Å²) < 4.78 is 5.26. The normalized spacial score (nSPS) is 10.1. The first-order valence-electron chi connectivity index (χ1n) is 3.64. The van der Waals surface area contributed by atoms with Crippen molar-refractivity contribution in [3.05, 3.63) is 41.2 Å². The fraction of sp³-hybridized carbons (Fsp3) is 0. The summed E-state index contributed by atoms with van der Waals surface area (Å²) in [4.78, 5) is 0. The molecular formula is C8H7ClOSi2. The van der Waals surface area contributed by atoms with E-state index in [-0.39, 0.29) is 8.88 Å². The largest absolute Gasteiger partial charge is 0.531 e. The molecule has 60 valence electrons. The highest BCUT2D eigenvalue weighted by Gasteiger charge is 1.98. The molecule has 0 spiro atoms. The summed E-state index contributed by atoms with van der Waals surface area (Å²) in [7, 11) is -0.326. The van der Waals surface area contributed by atoms with E-state index in [1.165, 1.54) is 5.19 Å². The molecular weight excluding hydrogens is 204 g/mol. The molecule has 0 aliphatic rings. The number of benzene rings is 1. The molecule has 0 N–H and O–H groups in total. The summed E-state index contributed by atoms with van der Waals surface area (Å²) >= 11 is 5.79. The van der Waals surface area contributed by atoms with Crippen LogP contribution in [0.3, 0.4) is 0 Å². The minimum absolute atomic E-state index is 0.158. The minimum atomic E-state index is -0.484. The molecule has 0 saturated carbocycles. The van der Waals surface area contributed by atoms with Crippen molar-refractivity contribution in [1.29, 1.82) is 0 Å². The molecule has 0 saturated heterocycles. The zero-order valence-corrected chi connectivity index (χ0v) is 9.24. The molecule has 1 aromatic heterocycles. The Labute approximate surface area is 79.2 Å². The summed E-state index contributed by atoms with van der Waals surface area (Å²) in [6.45, 7) is 0. The Hall–Kier alpha value is -0.516. The molecule has 4 heteroatoms. The standard InChI is InChI=1S/C8H7ClOSi2/c9-7-1-3-8(4-2-7)12-6-5-10-11-12/h1-6,11H. The molecule has 12 heavy (non-hydrogen) atoms. The Balaban J connectivity index is 2.43. The Morgan fingerprint density at radius 1 is 1.25 bits per heavy atom. The molecule has 0 unspecified atom stereocenters. The van der Waals surface area contributed by atoms with E-state index >= 15 is 0 Å². The van der Waals surface area contributed by atoms with Crippen LogP contribution in [0.5, 0.6) is 0 Å². The van der Waals surface area contributed by atoms with E-state index in [4.69, 9.17) is 15.7 Å². The maximum Gasteiger partial charge on any atom is 0.203 e. The monoisotopic (exact) mass is 210 g/mol. The van der Waals surface area contributed by atoms with Gasteiger partial charge in [-0.05, 0) is 23.0 Å². The molecule has 0 atom stereocenters. The summed E-state index contributed by atoms with van der Waals surface area (Å²) in [6.07, 6.45) is 1.83. The van der Waals surface area contributed by atoms with Crippen LogP contribution in [0, 0.1) is 0 Å². The third-order valence-corrected chi connectivity index (χ3v) is 6.74. The number of hydrogen-bond acceptors (Lipinski definition) is 1. The average molecular weight is 211 g/mol. The van der Waals surface area contributed by atoms with E-state index in [2.05, 4.69) is 17.8 Å². The van der Waals surface area contributed by atoms with Gasteiger partial charge >= 0.3 is 0 Å². The lowest BCUT2D eigenvalue weighted by Crippen LogP contribution is -1.95. The maximum absolute atomic E-state index is 5.79. The lowest BCUT2D eigenvalue weighted by atomic mass is 10.4. The van der Waals surface area contributed by atoms with Crippen molar-refractivity contribution in [2.75, 3.05) is 0 Å². The zero-order chi connectivity index (χ0) is 8.39. The van der Waals surface area contributed by atoms with Gasteiger partial charge in [0.1, 0.15) is 0 Å². The third kappa shape index (κ3) is 1.63. The van der Waals surface area contributed by atoms with Gasteiger partial charge in [-0.1, -0.05) is 23.7 Å².